The zero-order valence-corrected chi connectivity index (χ0v) is 15.6. The number of ether oxygens (including phenoxy) is 1. The van der Waals surface area contributed by atoms with Crippen LogP contribution in [0.3, 0.4) is 0 Å². The number of hydrogen-bond donors (Lipinski definition) is 1. The van der Waals surface area contributed by atoms with Gasteiger partial charge >= 0.3 is 0 Å². The molecule has 0 bridgehead atoms. The molecule has 1 fully saturated rings. The van der Waals surface area contributed by atoms with E-state index in [-0.39, 0.29) is 12.5 Å². The number of nitrogens with one attached hydrogen (secondary N) is 1. The molecule has 1 heterocycles. The number of aliphatic imine (C=N–C) groups is 1. The lowest BCUT2D eigenvalue weighted by molar-refractivity contribution is -0.130. The predicted octanol–water partition coefficient (Wildman–Crippen LogP) is 1.58. The Hall–Kier alpha value is -2.08. The maximum absolute atomic E-state index is 12.6. The van der Waals surface area contributed by atoms with Gasteiger partial charge in [0.15, 0.2) is 5.96 Å². The van der Waals surface area contributed by atoms with Gasteiger partial charge in [-0.05, 0) is 18.9 Å². The lowest BCUT2D eigenvalue weighted by atomic mass is 10.1. The fraction of sp³-hybridized carbons (Fsp3) is 0.579. The van der Waals surface area contributed by atoms with E-state index in [1.165, 1.54) is 0 Å². The lowest BCUT2D eigenvalue weighted by Gasteiger charge is -2.24. The highest BCUT2D eigenvalue weighted by molar-refractivity contribution is 5.86. The fourth-order valence-electron chi connectivity index (χ4n) is 3.18. The molecular weight excluding hydrogens is 316 g/mol. The maximum atomic E-state index is 12.6. The van der Waals surface area contributed by atoms with E-state index >= 15 is 0 Å². The monoisotopic (exact) mass is 346 g/mol. The van der Waals surface area contributed by atoms with Crippen molar-refractivity contribution in [3.05, 3.63) is 35.9 Å². The number of methoxy groups -OCH3 is 1. The standard InChI is InChI=1S/C19H30N4O2/c1-4-22(13-16-8-6-5-7-9-16)18(24)12-21-19(20-2)23-11-10-17(14-23)15-25-3/h5-9,17H,4,10-15H2,1-3H3,(H,20,21). The van der Waals surface area contributed by atoms with Gasteiger partial charge in [0.05, 0.1) is 13.2 Å². The molecule has 0 spiro atoms. The number of likely N-dealkylation sites (tertiary alicyclic amines) is 1. The molecule has 0 aromatic heterocycles. The quantitative estimate of drug-likeness (QED) is 0.602. The van der Waals surface area contributed by atoms with E-state index in [2.05, 4.69) is 15.2 Å². The van der Waals surface area contributed by atoms with Crippen LogP contribution in [0.1, 0.15) is 18.9 Å². The molecule has 25 heavy (non-hydrogen) atoms. The molecule has 1 amide bonds. The first-order valence-corrected chi connectivity index (χ1v) is 8.94. The highest BCUT2D eigenvalue weighted by Crippen LogP contribution is 2.16. The Morgan fingerprint density at radius 2 is 2.16 bits per heavy atom. The maximum Gasteiger partial charge on any atom is 0.242 e. The van der Waals surface area contributed by atoms with Crippen LogP contribution in [-0.2, 0) is 16.1 Å². The topological polar surface area (TPSA) is 57.2 Å². The predicted molar refractivity (Wildman–Crippen MR) is 100 cm³/mol. The van der Waals surface area contributed by atoms with Crippen LogP contribution < -0.4 is 5.32 Å². The number of carbonyl (C=O) groups excluding carboxylic acids is 1. The van der Waals surface area contributed by atoms with E-state index < -0.39 is 0 Å². The largest absolute Gasteiger partial charge is 0.384 e. The summed E-state index contributed by atoms with van der Waals surface area (Å²) in [5, 5.41) is 3.22. The van der Waals surface area contributed by atoms with Crippen molar-refractivity contribution in [2.75, 3.05) is 46.9 Å². The van der Waals surface area contributed by atoms with Crippen LogP contribution >= 0.6 is 0 Å². The summed E-state index contributed by atoms with van der Waals surface area (Å²) in [6, 6.07) is 10.1. The number of rotatable bonds is 7. The number of benzene rings is 1. The van der Waals surface area contributed by atoms with E-state index in [0.717, 1.165) is 37.6 Å². The van der Waals surface area contributed by atoms with Crippen molar-refractivity contribution in [2.24, 2.45) is 10.9 Å². The van der Waals surface area contributed by atoms with Crippen LogP contribution in [0, 0.1) is 5.92 Å². The molecule has 1 N–H and O–H groups in total. The molecule has 2 rings (SSSR count). The Balaban J connectivity index is 1.84. The fourth-order valence-corrected chi connectivity index (χ4v) is 3.18. The van der Waals surface area contributed by atoms with Gasteiger partial charge in [0, 0.05) is 46.3 Å². The molecule has 0 radical (unpaired) electrons. The van der Waals surface area contributed by atoms with Gasteiger partial charge in [0.2, 0.25) is 5.91 Å². The van der Waals surface area contributed by atoms with Gasteiger partial charge in [-0.2, -0.15) is 0 Å². The zero-order chi connectivity index (χ0) is 18.1. The third-order valence-corrected chi connectivity index (χ3v) is 4.55. The summed E-state index contributed by atoms with van der Waals surface area (Å²) in [7, 11) is 3.50. The highest BCUT2D eigenvalue weighted by atomic mass is 16.5. The lowest BCUT2D eigenvalue weighted by Crippen LogP contribution is -2.45. The van der Waals surface area contributed by atoms with Crippen molar-refractivity contribution in [1.82, 2.24) is 15.1 Å². The second-order valence-corrected chi connectivity index (χ2v) is 6.35. The molecule has 6 nitrogen and oxygen atoms in total. The van der Waals surface area contributed by atoms with Gasteiger partial charge in [-0.25, -0.2) is 0 Å². The molecule has 1 aromatic carbocycles. The summed E-state index contributed by atoms with van der Waals surface area (Å²) < 4.78 is 5.24. The minimum Gasteiger partial charge on any atom is -0.384 e. The van der Waals surface area contributed by atoms with Gasteiger partial charge < -0.3 is 19.9 Å². The first kappa shape index (κ1) is 19.2. The molecule has 1 aliphatic rings. The summed E-state index contributed by atoms with van der Waals surface area (Å²) in [5.41, 5.74) is 1.14. The first-order valence-electron chi connectivity index (χ1n) is 8.94. The number of likely N-dealkylation sites (N-methyl/N-ethyl adjacent to an activating group) is 1. The van der Waals surface area contributed by atoms with Crippen molar-refractivity contribution < 1.29 is 9.53 Å². The van der Waals surface area contributed by atoms with Gasteiger partial charge in [0.25, 0.3) is 0 Å². The van der Waals surface area contributed by atoms with E-state index in [1.807, 2.05) is 42.2 Å². The van der Waals surface area contributed by atoms with Gasteiger partial charge in [-0.3, -0.25) is 9.79 Å². The van der Waals surface area contributed by atoms with E-state index in [0.29, 0.717) is 19.0 Å². The Morgan fingerprint density at radius 1 is 1.40 bits per heavy atom. The Bertz CT molecular complexity index is 562. The van der Waals surface area contributed by atoms with Gasteiger partial charge in [0.1, 0.15) is 0 Å². The van der Waals surface area contributed by atoms with Crippen LogP contribution in [0.2, 0.25) is 0 Å². The normalized spacial score (nSPS) is 17.6. The van der Waals surface area contributed by atoms with Crippen LogP contribution in [0.25, 0.3) is 0 Å². The van der Waals surface area contributed by atoms with Crippen molar-refractivity contribution in [3.8, 4) is 0 Å². The average molecular weight is 346 g/mol. The molecule has 6 heteroatoms. The first-order chi connectivity index (χ1) is 12.2. The molecule has 0 aliphatic carbocycles. The smallest absolute Gasteiger partial charge is 0.242 e. The molecule has 1 aromatic rings. The minimum atomic E-state index is 0.0835. The van der Waals surface area contributed by atoms with Crippen molar-refractivity contribution >= 4 is 11.9 Å². The number of nitrogens with zero attached hydrogens (tertiary/aromatic N) is 3. The highest BCUT2D eigenvalue weighted by Gasteiger charge is 2.25. The van der Waals surface area contributed by atoms with Gasteiger partial charge in [-0.15, -0.1) is 0 Å². The van der Waals surface area contributed by atoms with Crippen LogP contribution in [0.5, 0.6) is 0 Å². The second-order valence-electron chi connectivity index (χ2n) is 6.35. The van der Waals surface area contributed by atoms with E-state index in [9.17, 15) is 4.79 Å². The Labute approximate surface area is 150 Å². The van der Waals surface area contributed by atoms with E-state index in [1.54, 1.807) is 14.2 Å². The molecule has 1 atom stereocenters. The molecule has 138 valence electrons. The third-order valence-electron chi connectivity index (χ3n) is 4.55. The van der Waals surface area contributed by atoms with Crippen molar-refractivity contribution in [1.29, 1.82) is 0 Å². The Morgan fingerprint density at radius 3 is 2.80 bits per heavy atom. The average Bonchev–Trinajstić information content (AvgIpc) is 3.09. The Kier molecular flexibility index (Phi) is 7.73. The van der Waals surface area contributed by atoms with Crippen molar-refractivity contribution in [2.45, 2.75) is 19.9 Å². The summed E-state index contributed by atoms with van der Waals surface area (Å²) in [5.74, 6) is 1.41. The molecular formula is C19H30N4O2. The second kappa shape index (κ2) is 10.0. The number of guanidine groups is 1. The number of carbonyl (C=O) groups is 1. The third kappa shape index (κ3) is 5.74. The minimum absolute atomic E-state index is 0.0835. The summed E-state index contributed by atoms with van der Waals surface area (Å²) in [6.07, 6.45) is 1.09. The molecule has 1 aliphatic heterocycles. The van der Waals surface area contributed by atoms with Gasteiger partial charge in [-0.1, -0.05) is 30.3 Å². The zero-order valence-electron chi connectivity index (χ0n) is 15.6. The number of amides is 1. The summed E-state index contributed by atoms with van der Waals surface area (Å²) >= 11 is 0. The number of hydrogen-bond acceptors (Lipinski definition) is 3. The van der Waals surface area contributed by atoms with Crippen molar-refractivity contribution in [3.63, 3.8) is 0 Å². The molecule has 1 saturated heterocycles. The molecule has 0 saturated carbocycles. The van der Waals surface area contributed by atoms with Crippen LogP contribution in [0.4, 0.5) is 0 Å². The molecule has 1 unspecified atom stereocenters. The SMILES string of the molecule is CCN(Cc1ccccc1)C(=O)CNC(=NC)N1CCC(COC)C1. The van der Waals surface area contributed by atoms with Crippen LogP contribution in [0.15, 0.2) is 35.3 Å². The summed E-state index contributed by atoms with van der Waals surface area (Å²) in [6.45, 7) is 6.23. The van der Waals surface area contributed by atoms with Crippen LogP contribution in [-0.4, -0.2) is 68.6 Å². The summed E-state index contributed by atoms with van der Waals surface area (Å²) in [4.78, 5) is 20.9. The van der Waals surface area contributed by atoms with E-state index in [4.69, 9.17) is 4.74 Å².